The second-order valence-corrected chi connectivity index (χ2v) is 5.14. The Morgan fingerprint density at radius 2 is 2.25 bits per heavy atom. The molecule has 0 saturated carbocycles. The van der Waals surface area contributed by atoms with Gasteiger partial charge in [0.05, 0.1) is 46.8 Å². The smallest absolute Gasteiger partial charge is 0.143 e. The molecule has 104 valence electrons. The minimum Gasteiger partial charge on any atom is -0.495 e. The molecule has 5 nitrogen and oxygen atoms in total. The van der Waals surface area contributed by atoms with Crippen molar-refractivity contribution in [3.8, 4) is 11.8 Å². The highest BCUT2D eigenvalue weighted by atomic mass is 79.9. The number of nitrogens with one attached hydrogen (secondary N) is 1. The quantitative estimate of drug-likeness (QED) is 0.933. The van der Waals surface area contributed by atoms with Gasteiger partial charge in [-0.1, -0.05) is 0 Å². The lowest BCUT2D eigenvalue weighted by atomic mass is 10.2. The largest absolute Gasteiger partial charge is 0.495 e. The molecule has 0 aliphatic heterocycles. The van der Waals surface area contributed by atoms with E-state index in [1.54, 1.807) is 19.2 Å². The second-order valence-electron chi connectivity index (χ2n) is 4.35. The Balaban J connectivity index is 2.21. The summed E-state index contributed by atoms with van der Waals surface area (Å²) in [5.74, 6) is 0.652. The topological polar surface area (TPSA) is 62.9 Å². The van der Waals surface area contributed by atoms with Gasteiger partial charge in [-0.25, -0.2) is 0 Å². The molecule has 0 fully saturated rings. The third-order valence-electron chi connectivity index (χ3n) is 3.04. The summed E-state index contributed by atoms with van der Waals surface area (Å²) in [6, 6.07) is 7.41. The number of methoxy groups -OCH3 is 1. The predicted octanol–water partition coefficient (Wildman–Crippen LogP) is 2.98. The molecule has 0 saturated heterocycles. The summed E-state index contributed by atoms with van der Waals surface area (Å²) in [7, 11) is 3.50. The molecule has 6 heteroatoms. The molecule has 0 bridgehead atoms. The van der Waals surface area contributed by atoms with Crippen LogP contribution in [0.25, 0.3) is 0 Å². The Morgan fingerprint density at radius 3 is 2.80 bits per heavy atom. The van der Waals surface area contributed by atoms with Gasteiger partial charge >= 0.3 is 0 Å². The lowest BCUT2D eigenvalue weighted by Crippen LogP contribution is -2.07. The van der Waals surface area contributed by atoms with Gasteiger partial charge in [0.1, 0.15) is 5.75 Å². The molecule has 0 atom stereocenters. The number of rotatable bonds is 4. The van der Waals surface area contributed by atoms with Crippen LogP contribution in [0.1, 0.15) is 17.0 Å². The van der Waals surface area contributed by atoms with Crippen LogP contribution in [0.3, 0.4) is 0 Å². The van der Waals surface area contributed by atoms with E-state index in [0.29, 0.717) is 17.9 Å². The van der Waals surface area contributed by atoms with E-state index >= 15 is 0 Å². The lowest BCUT2D eigenvalue weighted by Gasteiger charge is -2.11. The lowest BCUT2D eigenvalue weighted by molar-refractivity contribution is 0.416. The predicted molar refractivity (Wildman–Crippen MR) is 80.7 cm³/mol. The first-order valence-electron chi connectivity index (χ1n) is 6.06. The number of ether oxygens (including phenoxy) is 1. The first-order valence-corrected chi connectivity index (χ1v) is 6.86. The van der Waals surface area contributed by atoms with Crippen LogP contribution in [0, 0.1) is 18.3 Å². The molecule has 2 aromatic rings. The molecule has 0 amide bonds. The van der Waals surface area contributed by atoms with Gasteiger partial charge in [0.15, 0.2) is 0 Å². The summed E-state index contributed by atoms with van der Waals surface area (Å²) < 4.78 is 8.13. The van der Waals surface area contributed by atoms with Crippen molar-refractivity contribution in [1.29, 1.82) is 5.26 Å². The fourth-order valence-electron chi connectivity index (χ4n) is 1.96. The number of halogens is 1. The van der Waals surface area contributed by atoms with Crippen molar-refractivity contribution in [1.82, 2.24) is 9.78 Å². The van der Waals surface area contributed by atoms with Crippen LogP contribution in [0.5, 0.6) is 5.75 Å². The van der Waals surface area contributed by atoms with E-state index in [0.717, 1.165) is 21.5 Å². The molecule has 0 spiro atoms. The van der Waals surface area contributed by atoms with E-state index in [2.05, 4.69) is 32.4 Å². The Kier molecular flexibility index (Phi) is 4.30. The van der Waals surface area contributed by atoms with Gasteiger partial charge in [-0.15, -0.1) is 0 Å². The van der Waals surface area contributed by atoms with Gasteiger partial charge in [-0.2, -0.15) is 10.4 Å². The van der Waals surface area contributed by atoms with Gasteiger partial charge in [-0.3, -0.25) is 4.68 Å². The van der Waals surface area contributed by atoms with Crippen molar-refractivity contribution in [3.63, 3.8) is 0 Å². The molecule has 2 rings (SSSR count). The van der Waals surface area contributed by atoms with E-state index in [4.69, 9.17) is 10.00 Å². The summed E-state index contributed by atoms with van der Waals surface area (Å²) >= 11 is 3.54. The molecule has 1 aromatic heterocycles. The molecule has 0 aliphatic carbocycles. The van der Waals surface area contributed by atoms with E-state index in [1.807, 2.05) is 24.7 Å². The van der Waals surface area contributed by atoms with Crippen molar-refractivity contribution in [2.45, 2.75) is 13.5 Å². The fourth-order valence-corrected chi connectivity index (χ4v) is 2.43. The number of nitriles is 1. The Labute approximate surface area is 126 Å². The molecule has 0 aliphatic rings. The van der Waals surface area contributed by atoms with Crippen LogP contribution >= 0.6 is 15.9 Å². The third-order valence-corrected chi connectivity index (χ3v) is 4.07. The molecule has 1 aromatic carbocycles. The number of aryl methyl sites for hydroxylation is 2. The molecule has 20 heavy (non-hydrogen) atoms. The second kappa shape index (κ2) is 5.97. The zero-order valence-electron chi connectivity index (χ0n) is 11.6. The number of hydrogen-bond acceptors (Lipinski definition) is 4. The maximum Gasteiger partial charge on any atom is 0.143 e. The monoisotopic (exact) mass is 334 g/mol. The fraction of sp³-hybridized carbons (Fsp3) is 0.286. The van der Waals surface area contributed by atoms with E-state index in [1.165, 1.54) is 0 Å². The van der Waals surface area contributed by atoms with Crippen molar-refractivity contribution in [3.05, 3.63) is 39.6 Å². The standard InChI is InChI=1S/C14H15BrN4O/c1-9-14(15)12(19(2)18-9)8-17-11-5-4-10(7-16)6-13(11)20-3/h4-6,17H,8H2,1-3H3. The minimum atomic E-state index is 0.574. The highest BCUT2D eigenvalue weighted by Gasteiger charge is 2.11. The van der Waals surface area contributed by atoms with E-state index < -0.39 is 0 Å². The van der Waals surface area contributed by atoms with Crippen molar-refractivity contribution >= 4 is 21.6 Å². The molecular formula is C14H15BrN4O. The van der Waals surface area contributed by atoms with Gasteiger partial charge in [-0.05, 0) is 35.0 Å². The number of nitrogens with zero attached hydrogens (tertiary/aromatic N) is 3. The van der Waals surface area contributed by atoms with E-state index in [-0.39, 0.29) is 0 Å². The normalized spacial score (nSPS) is 10.2. The summed E-state index contributed by atoms with van der Waals surface area (Å²) in [6.45, 7) is 2.57. The zero-order valence-corrected chi connectivity index (χ0v) is 13.2. The number of benzene rings is 1. The molecular weight excluding hydrogens is 320 g/mol. The Hall–Kier alpha value is -2.00. The van der Waals surface area contributed by atoms with Crippen molar-refractivity contribution < 1.29 is 4.74 Å². The van der Waals surface area contributed by atoms with Gasteiger partial charge < -0.3 is 10.1 Å². The zero-order chi connectivity index (χ0) is 14.7. The maximum absolute atomic E-state index is 8.89. The molecule has 0 radical (unpaired) electrons. The maximum atomic E-state index is 8.89. The molecule has 0 unspecified atom stereocenters. The Morgan fingerprint density at radius 1 is 1.50 bits per heavy atom. The number of anilines is 1. The highest BCUT2D eigenvalue weighted by molar-refractivity contribution is 9.10. The van der Waals surface area contributed by atoms with Gasteiger partial charge in [0.2, 0.25) is 0 Å². The van der Waals surface area contributed by atoms with Crippen LogP contribution in [-0.4, -0.2) is 16.9 Å². The summed E-state index contributed by atoms with van der Waals surface area (Å²) in [5.41, 5.74) is 3.42. The van der Waals surface area contributed by atoms with Crippen LogP contribution in [0.4, 0.5) is 5.69 Å². The first-order chi connectivity index (χ1) is 9.56. The van der Waals surface area contributed by atoms with E-state index in [9.17, 15) is 0 Å². The SMILES string of the molecule is COc1cc(C#N)ccc1NCc1c(Br)c(C)nn1C. The van der Waals surface area contributed by atoms with Crippen LogP contribution in [0.15, 0.2) is 22.7 Å². The first kappa shape index (κ1) is 14.4. The highest BCUT2D eigenvalue weighted by Crippen LogP contribution is 2.27. The average molecular weight is 335 g/mol. The van der Waals surface area contributed by atoms with Crippen LogP contribution in [-0.2, 0) is 13.6 Å². The van der Waals surface area contributed by atoms with Crippen LogP contribution in [0.2, 0.25) is 0 Å². The van der Waals surface area contributed by atoms with Crippen molar-refractivity contribution in [2.24, 2.45) is 7.05 Å². The third kappa shape index (κ3) is 2.78. The minimum absolute atomic E-state index is 0.574. The Bertz CT molecular complexity index is 673. The number of aromatic nitrogens is 2. The molecule has 1 N–H and O–H groups in total. The van der Waals surface area contributed by atoms with Crippen molar-refractivity contribution in [2.75, 3.05) is 12.4 Å². The van der Waals surface area contributed by atoms with Gasteiger partial charge in [0, 0.05) is 13.1 Å². The summed E-state index contributed by atoms with van der Waals surface area (Å²) in [4.78, 5) is 0. The summed E-state index contributed by atoms with van der Waals surface area (Å²) in [6.07, 6.45) is 0. The number of hydrogen-bond donors (Lipinski definition) is 1. The van der Waals surface area contributed by atoms with Gasteiger partial charge in [0.25, 0.3) is 0 Å². The molecule has 1 heterocycles. The average Bonchev–Trinajstić information content (AvgIpc) is 2.70. The van der Waals surface area contributed by atoms with Crippen LogP contribution < -0.4 is 10.1 Å². The summed E-state index contributed by atoms with van der Waals surface area (Å²) in [5, 5.41) is 16.5.